The summed E-state index contributed by atoms with van der Waals surface area (Å²) < 4.78 is 38.7. The lowest BCUT2D eigenvalue weighted by Gasteiger charge is -2.25. The van der Waals surface area contributed by atoms with E-state index in [1.165, 1.54) is 0 Å². The molecule has 0 atom stereocenters. The molecule has 1 saturated heterocycles. The first-order valence-corrected chi connectivity index (χ1v) is 9.61. The molecule has 1 aliphatic rings. The molecule has 4 rings (SSSR count). The number of para-hydroxylation sites is 1. The lowest BCUT2D eigenvalue weighted by molar-refractivity contribution is -0.141. The zero-order chi connectivity index (χ0) is 20.4. The molecule has 3 heterocycles. The molecule has 9 heteroatoms. The van der Waals surface area contributed by atoms with E-state index < -0.39 is 17.8 Å². The number of aromatic nitrogens is 3. The summed E-state index contributed by atoms with van der Waals surface area (Å²) in [5.74, 6) is -0.514. The summed E-state index contributed by atoms with van der Waals surface area (Å²) in [6, 6.07) is 8.51. The second-order valence-corrected chi connectivity index (χ2v) is 7.30. The number of hydrogen-bond acceptors (Lipinski definition) is 3. The number of rotatable bonds is 6. The van der Waals surface area contributed by atoms with Gasteiger partial charge in [0.2, 0.25) is 0 Å². The number of halogens is 3. The summed E-state index contributed by atoms with van der Waals surface area (Å²) in [4.78, 5) is 20.0. The van der Waals surface area contributed by atoms with Crippen molar-refractivity contribution in [3.63, 3.8) is 0 Å². The van der Waals surface area contributed by atoms with E-state index in [9.17, 15) is 18.0 Å². The Bertz CT molecular complexity index is 987. The standard InChI is InChI=1S/C20H22F3N5O/c21-20(22,23)17-12-16(25-26-17)19(29)28(11-10-27-8-1-2-9-27)13-15-5-3-4-14-6-7-24-18(14)15/h3-7,12,24H,1-2,8-11,13H2,(H,25,26). The van der Waals surface area contributed by atoms with Crippen LogP contribution in [0.3, 0.4) is 0 Å². The number of likely N-dealkylation sites (tertiary alicyclic amines) is 1. The second-order valence-electron chi connectivity index (χ2n) is 7.30. The van der Waals surface area contributed by atoms with E-state index in [-0.39, 0.29) is 5.69 Å². The maximum Gasteiger partial charge on any atom is 0.432 e. The van der Waals surface area contributed by atoms with Crippen LogP contribution < -0.4 is 0 Å². The molecular formula is C20H22F3N5O. The van der Waals surface area contributed by atoms with Crippen LogP contribution in [0.25, 0.3) is 10.9 Å². The van der Waals surface area contributed by atoms with E-state index in [0.717, 1.165) is 48.5 Å². The van der Waals surface area contributed by atoms with Crippen LogP contribution >= 0.6 is 0 Å². The fourth-order valence-corrected chi connectivity index (χ4v) is 3.75. The molecule has 2 N–H and O–H groups in total. The predicted octanol–water partition coefficient (Wildman–Crippen LogP) is 3.65. The lowest BCUT2D eigenvalue weighted by atomic mass is 10.1. The van der Waals surface area contributed by atoms with Crippen molar-refractivity contribution in [2.45, 2.75) is 25.6 Å². The van der Waals surface area contributed by atoms with Crippen molar-refractivity contribution in [1.82, 2.24) is 25.0 Å². The van der Waals surface area contributed by atoms with Crippen molar-refractivity contribution in [2.75, 3.05) is 26.2 Å². The van der Waals surface area contributed by atoms with E-state index in [0.29, 0.717) is 19.6 Å². The Labute approximate surface area is 165 Å². The molecular weight excluding hydrogens is 383 g/mol. The molecule has 0 spiro atoms. The topological polar surface area (TPSA) is 68.0 Å². The maximum absolute atomic E-state index is 13.0. The highest BCUT2D eigenvalue weighted by atomic mass is 19.4. The Hall–Kier alpha value is -2.81. The van der Waals surface area contributed by atoms with Crippen molar-refractivity contribution < 1.29 is 18.0 Å². The first-order chi connectivity index (χ1) is 13.9. The quantitative estimate of drug-likeness (QED) is 0.658. The smallest absolute Gasteiger partial charge is 0.361 e. The van der Waals surface area contributed by atoms with Crippen LogP contribution in [0, 0.1) is 0 Å². The Morgan fingerprint density at radius 2 is 2.00 bits per heavy atom. The van der Waals surface area contributed by atoms with Crippen LogP contribution in [0.15, 0.2) is 36.5 Å². The van der Waals surface area contributed by atoms with Crippen molar-refractivity contribution >= 4 is 16.8 Å². The monoisotopic (exact) mass is 405 g/mol. The van der Waals surface area contributed by atoms with E-state index in [2.05, 4.69) is 15.0 Å². The van der Waals surface area contributed by atoms with Gasteiger partial charge < -0.3 is 14.8 Å². The third kappa shape index (κ3) is 4.29. The SMILES string of the molecule is O=C(c1cc(C(F)(F)F)[nH]n1)N(CCN1CCCC1)Cc1cccc2cc[nH]c12. The zero-order valence-electron chi connectivity index (χ0n) is 15.8. The predicted molar refractivity (Wildman–Crippen MR) is 102 cm³/mol. The Balaban J connectivity index is 1.57. The number of amides is 1. The van der Waals surface area contributed by atoms with Crippen LogP contribution in [0.4, 0.5) is 13.2 Å². The van der Waals surface area contributed by atoms with Gasteiger partial charge in [0.1, 0.15) is 5.69 Å². The second kappa shape index (κ2) is 7.90. The number of benzene rings is 1. The third-order valence-corrected chi connectivity index (χ3v) is 5.31. The van der Waals surface area contributed by atoms with E-state index in [1.807, 2.05) is 35.6 Å². The van der Waals surface area contributed by atoms with Crippen LogP contribution in [-0.2, 0) is 12.7 Å². The largest absolute Gasteiger partial charge is 0.432 e. The van der Waals surface area contributed by atoms with E-state index in [4.69, 9.17) is 0 Å². The number of nitrogens with zero attached hydrogens (tertiary/aromatic N) is 3. The molecule has 0 unspecified atom stereocenters. The fourth-order valence-electron chi connectivity index (χ4n) is 3.75. The van der Waals surface area contributed by atoms with Crippen LogP contribution in [-0.4, -0.2) is 57.1 Å². The number of carbonyl (C=O) groups excluding carboxylic acids is 1. The summed E-state index contributed by atoms with van der Waals surface area (Å²) in [6.07, 6.45) is -0.482. The highest BCUT2D eigenvalue weighted by molar-refractivity contribution is 5.93. The molecule has 0 saturated carbocycles. The van der Waals surface area contributed by atoms with Gasteiger partial charge in [0.05, 0.1) is 5.52 Å². The average molecular weight is 405 g/mol. The average Bonchev–Trinajstić information content (AvgIpc) is 3.45. The number of aromatic amines is 2. The van der Waals surface area contributed by atoms with Gasteiger partial charge in [-0.15, -0.1) is 0 Å². The van der Waals surface area contributed by atoms with Crippen molar-refractivity contribution in [2.24, 2.45) is 0 Å². The summed E-state index contributed by atoms with van der Waals surface area (Å²) in [5.41, 5.74) is 0.586. The van der Waals surface area contributed by atoms with Crippen molar-refractivity contribution in [3.8, 4) is 0 Å². The molecule has 0 bridgehead atoms. The first-order valence-electron chi connectivity index (χ1n) is 9.61. The summed E-state index contributed by atoms with van der Waals surface area (Å²) in [7, 11) is 0. The lowest BCUT2D eigenvalue weighted by Crippen LogP contribution is -2.37. The fraction of sp³-hybridized carbons (Fsp3) is 0.400. The molecule has 2 aromatic heterocycles. The number of hydrogen-bond donors (Lipinski definition) is 2. The van der Waals surface area contributed by atoms with Gasteiger partial charge in [-0.1, -0.05) is 18.2 Å². The van der Waals surface area contributed by atoms with Gasteiger partial charge in [-0.3, -0.25) is 9.89 Å². The van der Waals surface area contributed by atoms with Gasteiger partial charge >= 0.3 is 6.18 Å². The first kappa shape index (κ1) is 19.5. The Morgan fingerprint density at radius 3 is 2.72 bits per heavy atom. The van der Waals surface area contributed by atoms with Crippen molar-refractivity contribution in [3.05, 3.63) is 53.5 Å². The van der Waals surface area contributed by atoms with Gasteiger partial charge in [-0.05, 0) is 42.9 Å². The van der Waals surface area contributed by atoms with Crippen LogP contribution in [0.5, 0.6) is 0 Å². The van der Waals surface area contributed by atoms with Crippen molar-refractivity contribution in [1.29, 1.82) is 0 Å². The molecule has 0 radical (unpaired) electrons. The number of alkyl halides is 3. The molecule has 1 aliphatic heterocycles. The van der Waals surface area contributed by atoms with Gasteiger partial charge in [0, 0.05) is 31.9 Å². The molecule has 0 aliphatic carbocycles. The Morgan fingerprint density at radius 1 is 1.21 bits per heavy atom. The highest BCUT2D eigenvalue weighted by Gasteiger charge is 2.34. The molecule has 1 aromatic carbocycles. The molecule has 154 valence electrons. The number of nitrogens with one attached hydrogen (secondary N) is 2. The summed E-state index contributed by atoms with van der Waals surface area (Å²) >= 11 is 0. The maximum atomic E-state index is 13.0. The molecule has 29 heavy (non-hydrogen) atoms. The highest BCUT2D eigenvalue weighted by Crippen LogP contribution is 2.28. The Kier molecular flexibility index (Phi) is 5.31. The number of H-pyrrole nitrogens is 2. The normalized spacial score (nSPS) is 15.3. The van der Waals surface area contributed by atoms with Crippen LogP contribution in [0.2, 0.25) is 0 Å². The minimum Gasteiger partial charge on any atom is -0.361 e. The molecule has 1 fully saturated rings. The minimum absolute atomic E-state index is 0.225. The van der Waals surface area contributed by atoms with Gasteiger partial charge in [-0.25, -0.2) is 0 Å². The zero-order valence-corrected chi connectivity index (χ0v) is 15.8. The number of carbonyl (C=O) groups is 1. The van der Waals surface area contributed by atoms with Gasteiger partial charge in [0.15, 0.2) is 5.69 Å². The van der Waals surface area contributed by atoms with Gasteiger partial charge in [-0.2, -0.15) is 18.3 Å². The summed E-state index contributed by atoms with van der Waals surface area (Å²) in [6.45, 7) is 3.36. The van der Waals surface area contributed by atoms with Gasteiger partial charge in [0.25, 0.3) is 5.91 Å². The molecule has 3 aromatic rings. The minimum atomic E-state index is -4.57. The summed E-state index contributed by atoms with van der Waals surface area (Å²) in [5, 5.41) is 6.57. The molecule has 1 amide bonds. The van der Waals surface area contributed by atoms with E-state index in [1.54, 1.807) is 4.90 Å². The number of fused-ring (bicyclic) bond motifs is 1. The molecule has 6 nitrogen and oxygen atoms in total. The van der Waals surface area contributed by atoms with E-state index >= 15 is 0 Å². The third-order valence-electron chi connectivity index (χ3n) is 5.31. The van der Waals surface area contributed by atoms with Crippen LogP contribution in [0.1, 0.15) is 34.6 Å².